The average Bonchev–Trinajstić information content (AvgIpc) is 2.95. The van der Waals surface area contributed by atoms with Gasteiger partial charge in [0.05, 0.1) is 0 Å². The summed E-state index contributed by atoms with van der Waals surface area (Å²) in [5, 5.41) is 3.43. The molecule has 118 valence electrons. The number of hydrogen-bond donors (Lipinski definition) is 1. The quantitative estimate of drug-likeness (QED) is 0.845. The van der Waals surface area contributed by atoms with Crippen molar-refractivity contribution in [3.05, 3.63) is 0 Å². The molecule has 0 atom stereocenters. The second-order valence-electron chi connectivity index (χ2n) is 6.38. The summed E-state index contributed by atoms with van der Waals surface area (Å²) < 4.78 is 0. The fraction of sp³-hybridized carbons (Fsp3) is 0.938. The monoisotopic (exact) mass is 302 g/mol. The summed E-state index contributed by atoms with van der Waals surface area (Å²) in [6, 6.07) is 0. The molecule has 1 amide bonds. The van der Waals surface area contributed by atoms with E-state index in [1.165, 1.54) is 25.7 Å². The highest BCUT2D eigenvalue weighted by atomic mass is 35.5. The largest absolute Gasteiger partial charge is 0.342 e. The third-order valence-electron chi connectivity index (χ3n) is 5.28. The molecule has 1 N–H and O–H groups in total. The SMILES string of the molecule is CCNCC1CCN(C(=O)C2(CC)CCCC2)CC1.Cl. The lowest BCUT2D eigenvalue weighted by molar-refractivity contribution is -0.143. The van der Waals surface area contributed by atoms with E-state index in [4.69, 9.17) is 0 Å². The van der Waals surface area contributed by atoms with Crippen LogP contribution in [0.3, 0.4) is 0 Å². The zero-order valence-electron chi connectivity index (χ0n) is 13.1. The highest BCUT2D eigenvalue weighted by Crippen LogP contribution is 2.43. The van der Waals surface area contributed by atoms with E-state index in [1.54, 1.807) is 0 Å². The molecule has 1 heterocycles. The summed E-state index contributed by atoms with van der Waals surface area (Å²) in [6.45, 7) is 8.49. The van der Waals surface area contributed by atoms with E-state index in [1.807, 2.05) is 0 Å². The van der Waals surface area contributed by atoms with Gasteiger partial charge < -0.3 is 10.2 Å². The third kappa shape index (κ3) is 3.88. The van der Waals surface area contributed by atoms with Gasteiger partial charge in [-0.25, -0.2) is 0 Å². The first-order valence-electron chi connectivity index (χ1n) is 8.22. The molecule has 1 aliphatic heterocycles. The lowest BCUT2D eigenvalue weighted by Crippen LogP contribution is -2.47. The van der Waals surface area contributed by atoms with E-state index < -0.39 is 0 Å². The first-order valence-corrected chi connectivity index (χ1v) is 8.22. The molecule has 1 saturated heterocycles. The Bertz CT molecular complexity index is 295. The van der Waals surface area contributed by atoms with Crippen molar-refractivity contribution in [3.63, 3.8) is 0 Å². The van der Waals surface area contributed by atoms with Gasteiger partial charge in [-0.1, -0.05) is 26.7 Å². The molecule has 0 aromatic carbocycles. The van der Waals surface area contributed by atoms with Crippen LogP contribution in [0.25, 0.3) is 0 Å². The number of rotatable bonds is 5. The van der Waals surface area contributed by atoms with Gasteiger partial charge in [-0.05, 0) is 51.1 Å². The van der Waals surface area contributed by atoms with Crippen molar-refractivity contribution < 1.29 is 4.79 Å². The molecule has 2 aliphatic rings. The van der Waals surface area contributed by atoms with Crippen molar-refractivity contribution in [3.8, 4) is 0 Å². The topological polar surface area (TPSA) is 32.3 Å². The molecule has 2 fully saturated rings. The third-order valence-corrected chi connectivity index (χ3v) is 5.28. The first kappa shape index (κ1) is 17.8. The number of carbonyl (C=O) groups excluding carboxylic acids is 1. The molecule has 0 spiro atoms. The molecular weight excluding hydrogens is 272 g/mol. The number of nitrogens with one attached hydrogen (secondary N) is 1. The van der Waals surface area contributed by atoms with Gasteiger partial charge in [-0.2, -0.15) is 0 Å². The second-order valence-corrected chi connectivity index (χ2v) is 6.38. The Morgan fingerprint density at radius 3 is 2.30 bits per heavy atom. The van der Waals surface area contributed by atoms with Gasteiger partial charge in [0, 0.05) is 18.5 Å². The van der Waals surface area contributed by atoms with E-state index in [9.17, 15) is 4.79 Å². The molecule has 0 unspecified atom stereocenters. The van der Waals surface area contributed by atoms with Crippen molar-refractivity contribution in [2.45, 2.75) is 58.8 Å². The second kappa shape index (κ2) is 8.23. The Morgan fingerprint density at radius 2 is 1.80 bits per heavy atom. The number of carbonyl (C=O) groups is 1. The summed E-state index contributed by atoms with van der Waals surface area (Å²) in [5.74, 6) is 1.24. The minimum Gasteiger partial charge on any atom is -0.342 e. The molecule has 0 aromatic heterocycles. The number of likely N-dealkylation sites (tertiary alicyclic amines) is 1. The van der Waals surface area contributed by atoms with Crippen molar-refractivity contribution >= 4 is 18.3 Å². The molecule has 3 nitrogen and oxygen atoms in total. The Hall–Kier alpha value is -0.280. The molecule has 1 aliphatic carbocycles. The van der Waals surface area contributed by atoms with Crippen LogP contribution in [0.15, 0.2) is 0 Å². The van der Waals surface area contributed by atoms with Gasteiger partial charge in [0.15, 0.2) is 0 Å². The molecule has 4 heteroatoms. The van der Waals surface area contributed by atoms with Crippen LogP contribution >= 0.6 is 12.4 Å². The molecule has 0 bridgehead atoms. The van der Waals surface area contributed by atoms with Crippen LogP contribution in [0.5, 0.6) is 0 Å². The Kier molecular flexibility index (Phi) is 7.32. The summed E-state index contributed by atoms with van der Waals surface area (Å²) >= 11 is 0. The van der Waals surface area contributed by atoms with E-state index in [0.717, 1.165) is 51.4 Å². The van der Waals surface area contributed by atoms with Crippen LogP contribution in [0.2, 0.25) is 0 Å². The number of hydrogen-bond acceptors (Lipinski definition) is 2. The van der Waals surface area contributed by atoms with Crippen molar-refractivity contribution in [1.82, 2.24) is 10.2 Å². The minimum atomic E-state index is 0. The summed E-state index contributed by atoms with van der Waals surface area (Å²) in [4.78, 5) is 14.9. The highest BCUT2D eigenvalue weighted by Gasteiger charge is 2.42. The Labute approximate surface area is 130 Å². The van der Waals surface area contributed by atoms with E-state index in [-0.39, 0.29) is 17.8 Å². The van der Waals surface area contributed by atoms with Crippen molar-refractivity contribution in [2.24, 2.45) is 11.3 Å². The molecule has 20 heavy (non-hydrogen) atoms. The van der Waals surface area contributed by atoms with Gasteiger partial charge in [0.25, 0.3) is 0 Å². The molecule has 0 radical (unpaired) electrons. The molecule has 2 rings (SSSR count). The van der Waals surface area contributed by atoms with Gasteiger partial charge in [0.1, 0.15) is 0 Å². The standard InChI is InChI=1S/C16H30N2O.ClH/c1-3-16(9-5-6-10-16)15(19)18-11-7-14(8-12-18)13-17-4-2;/h14,17H,3-13H2,1-2H3;1H. The lowest BCUT2D eigenvalue weighted by Gasteiger charge is -2.38. The minimum absolute atomic E-state index is 0. The Balaban J connectivity index is 0.00000200. The van der Waals surface area contributed by atoms with Crippen LogP contribution < -0.4 is 5.32 Å². The highest BCUT2D eigenvalue weighted by molar-refractivity contribution is 5.85. The van der Waals surface area contributed by atoms with Crippen molar-refractivity contribution in [2.75, 3.05) is 26.2 Å². The zero-order valence-corrected chi connectivity index (χ0v) is 13.9. The first-order chi connectivity index (χ1) is 9.22. The lowest BCUT2D eigenvalue weighted by atomic mass is 9.81. The van der Waals surface area contributed by atoms with E-state index in [0.29, 0.717) is 5.91 Å². The molecular formula is C16H31ClN2O. The molecule has 0 aromatic rings. The normalized spacial score (nSPS) is 22.6. The maximum Gasteiger partial charge on any atom is 0.228 e. The average molecular weight is 303 g/mol. The van der Waals surface area contributed by atoms with E-state index in [2.05, 4.69) is 24.1 Å². The summed E-state index contributed by atoms with van der Waals surface area (Å²) in [5.41, 5.74) is 0.00844. The number of piperidine rings is 1. The predicted octanol–water partition coefficient (Wildman–Crippen LogP) is 3.23. The Morgan fingerprint density at radius 1 is 1.20 bits per heavy atom. The summed E-state index contributed by atoms with van der Waals surface area (Å²) in [6.07, 6.45) is 8.13. The van der Waals surface area contributed by atoms with Crippen LogP contribution in [-0.2, 0) is 4.79 Å². The number of nitrogens with zero attached hydrogens (tertiary/aromatic N) is 1. The molecule has 1 saturated carbocycles. The number of amides is 1. The van der Waals surface area contributed by atoms with Gasteiger partial charge >= 0.3 is 0 Å². The predicted molar refractivity (Wildman–Crippen MR) is 86.3 cm³/mol. The van der Waals surface area contributed by atoms with Gasteiger partial charge in [-0.15, -0.1) is 12.4 Å². The fourth-order valence-electron chi connectivity index (χ4n) is 3.79. The maximum atomic E-state index is 12.8. The zero-order chi connectivity index (χ0) is 13.7. The smallest absolute Gasteiger partial charge is 0.228 e. The van der Waals surface area contributed by atoms with E-state index >= 15 is 0 Å². The van der Waals surface area contributed by atoms with Crippen LogP contribution in [0, 0.1) is 11.3 Å². The fourth-order valence-corrected chi connectivity index (χ4v) is 3.79. The maximum absolute atomic E-state index is 12.8. The van der Waals surface area contributed by atoms with Crippen molar-refractivity contribution in [1.29, 1.82) is 0 Å². The van der Waals surface area contributed by atoms with Gasteiger partial charge in [0.2, 0.25) is 5.91 Å². The summed E-state index contributed by atoms with van der Waals surface area (Å²) in [7, 11) is 0. The van der Waals surface area contributed by atoms with Gasteiger partial charge in [-0.3, -0.25) is 4.79 Å². The van der Waals surface area contributed by atoms with Crippen LogP contribution in [-0.4, -0.2) is 37.0 Å². The van der Waals surface area contributed by atoms with Crippen LogP contribution in [0.1, 0.15) is 58.8 Å². The number of halogens is 1. The van der Waals surface area contributed by atoms with Crippen LogP contribution in [0.4, 0.5) is 0 Å².